The Hall–Kier alpha value is -1.71. The van der Waals surface area contributed by atoms with E-state index >= 15 is 0 Å². The lowest BCUT2D eigenvalue weighted by Crippen LogP contribution is -2.37. The third kappa shape index (κ3) is 6.42. The predicted molar refractivity (Wildman–Crippen MR) is 108 cm³/mol. The molecule has 0 aromatic heterocycles. The minimum absolute atomic E-state index is 0. The number of nitrogens with zero attached hydrogens (tertiary/aromatic N) is 1. The van der Waals surface area contributed by atoms with Crippen molar-refractivity contribution >= 4 is 41.5 Å². The van der Waals surface area contributed by atoms with Crippen LogP contribution in [0.3, 0.4) is 0 Å². The number of ether oxygens (including phenoxy) is 2. The van der Waals surface area contributed by atoms with Crippen molar-refractivity contribution in [3.8, 4) is 11.5 Å². The maximum Gasteiger partial charge on any atom is 0.224 e. The second-order valence-corrected chi connectivity index (χ2v) is 5.64. The first-order valence-corrected chi connectivity index (χ1v) is 7.41. The SMILES string of the molecule is CCNC(=NCC(C)(C)C(N)=O)Nc1ccc(OC)c(OC)c1.I. The normalized spacial score (nSPS) is 11.3. The highest BCUT2D eigenvalue weighted by atomic mass is 127. The van der Waals surface area contributed by atoms with E-state index < -0.39 is 5.41 Å². The monoisotopic (exact) mass is 450 g/mol. The van der Waals surface area contributed by atoms with Gasteiger partial charge >= 0.3 is 0 Å². The van der Waals surface area contributed by atoms with Crippen molar-refractivity contribution in [3.63, 3.8) is 0 Å². The molecule has 0 aliphatic heterocycles. The van der Waals surface area contributed by atoms with Gasteiger partial charge in [-0.15, -0.1) is 24.0 Å². The van der Waals surface area contributed by atoms with E-state index in [1.54, 1.807) is 34.1 Å². The lowest BCUT2D eigenvalue weighted by molar-refractivity contribution is -0.125. The van der Waals surface area contributed by atoms with Crippen molar-refractivity contribution in [1.29, 1.82) is 0 Å². The number of nitrogens with two attached hydrogens (primary N) is 1. The molecule has 0 radical (unpaired) electrons. The summed E-state index contributed by atoms with van der Waals surface area (Å²) >= 11 is 0. The molecule has 4 N–H and O–H groups in total. The van der Waals surface area contributed by atoms with Gasteiger partial charge in [-0.25, -0.2) is 0 Å². The number of benzene rings is 1. The number of carbonyl (C=O) groups excluding carboxylic acids is 1. The molecule has 0 spiro atoms. The number of methoxy groups -OCH3 is 2. The van der Waals surface area contributed by atoms with Gasteiger partial charge in [0, 0.05) is 18.3 Å². The molecule has 0 saturated carbocycles. The number of nitrogens with one attached hydrogen (secondary N) is 2. The summed E-state index contributed by atoms with van der Waals surface area (Å²) in [4.78, 5) is 15.8. The van der Waals surface area contributed by atoms with E-state index in [1.807, 2.05) is 19.1 Å². The quantitative estimate of drug-likeness (QED) is 0.336. The molecule has 136 valence electrons. The molecule has 1 aromatic carbocycles. The standard InChI is InChI=1S/C16H26N4O3.HI/c1-6-18-15(19-10-16(2,3)14(17)21)20-11-7-8-12(22-4)13(9-11)23-5;/h7-9H,6,10H2,1-5H3,(H2,17,21)(H2,18,19,20);1H. The molecule has 0 saturated heterocycles. The van der Waals surface area contributed by atoms with Gasteiger partial charge in [-0.1, -0.05) is 0 Å². The number of amides is 1. The van der Waals surface area contributed by atoms with Crippen molar-refractivity contribution < 1.29 is 14.3 Å². The summed E-state index contributed by atoms with van der Waals surface area (Å²) < 4.78 is 10.5. The van der Waals surface area contributed by atoms with E-state index in [0.29, 0.717) is 24.0 Å². The largest absolute Gasteiger partial charge is 0.493 e. The summed E-state index contributed by atoms with van der Waals surface area (Å²) in [6, 6.07) is 5.47. The molecule has 7 nitrogen and oxygen atoms in total. The van der Waals surface area contributed by atoms with Crippen LogP contribution in [0.1, 0.15) is 20.8 Å². The van der Waals surface area contributed by atoms with Gasteiger partial charge in [0.15, 0.2) is 17.5 Å². The van der Waals surface area contributed by atoms with Crippen LogP contribution in [0.5, 0.6) is 11.5 Å². The molecule has 0 aliphatic carbocycles. The maximum absolute atomic E-state index is 11.4. The molecular weight excluding hydrogens is 423 g/mol. The van der Waals surface area contributed by atoms with Gasteiger partial charge in [0.25, 0.3) is 0 Å². The highest BCUT2D eigenvalue weighted by molar-refractivity contribution is 14.0. The summed E-state index contributed by atoms with van der Waals surface area (Å²) in [6.45, 7) is 6.46. The molecule has 1 amide bonds. The van der Waals surface area contributed by atoms with E-state index in [-0.39, 0.29) is 36.4 Å². The number of hydrogen-bond acceptors (Lipinski definition) is 4. The van der Waals surface area contributed by atoms with E-state index in [2.05, 4.69) is 15.6 Å². The third-order valence-electron chi connectivity index (χ3n) is 3.29. The number of halogens is 1. The zero-order chi connectivity index (χ0) is 17.5. The summed E-state index contributed by atoms with van der Waals surface area (Å²) in [5, 5.41) is 6.29. The number of hydrogen-bond donors (Lipinski definition) is 3. The summed E-state index contributed by atoms with van der Waals surface area (Å²) in [6.07, 6.45) is 0. The molecule has 1 aromatic rings. The number of anilines is 1. The fourth-order valence-electron chi connectivity index (χ4n) is 1.71. The lowest BCUT2D eigenvalue weighted by Gasteiger charge is -2.19. The number of aliphatic imine (C=N–C) groups is 1. The zero-order valence-electron chi connectivity index (χ0n) is 14.8. The highest BCUT2D eigenvalue weighted by Crippen LogP contribution is 2.29. The molecular formula is C16H27IN4O3. The van der Waals surface area contributed by atoms with Crippen molar-refractivity contribution in [2.24, 2.45) is 16.1 Å². The van der Waals surface area contributed by atoms with Crippen molar-refractivity contribution in [1.82, 2.24) is 5.32 Å². The maximum atomic E-state index is 11.4. The molecule has 0 bridgehead atoms. The summed E-state index contributed by atoms with van der Waals surface area (Å²) in [5.74, 6) is 1.44. The molecule has 0 aliphatic rings. The van der Waals surface area contributed by atoms with Crippen LogP contribution in [0.25, 0.3) is 0 Å². The molecule has 0 heterocycles. The lowest BCUT2D eigenvalue weighted by atomic mass is 9.93. The fraction of sp³-hybridized carbons (Fsp3) is 0.500. The van der Waals surface area contributed by atoms with Gasteiger partial charge in [-0.05, 0) is 32.9 Å². The topological polar surface area (TPSA) is 98.0 Å². The van der Waals surface area contributed by atoms with Gasteiger partial charge < -0.3 is 25.8 Å². The Bertz CT molecular complexity index is 576. The minimum Gasteiger partial charge on any atom is -0.493 e. The molecule has 0 fully saturated rings. The van der Waals surface area contributed by atoms with Crippen LogP contribution in [0.4, 0.5) is 5.69 Å². The second kappa shape index (κ2) is 10.2. The van der Waals surface area contributed by atoms with Crippen LogP contribution >= 0.6 is 24.0 Å². The second-order valence-electron chi connectivity index (χ2n) is 5.64. The molecule has 0 atom stereocenters. The molecule has 0 unspecified atom stereocenters. The van der Waals surface area contributed by atoms with Gasteiger partial charge in [-0.3, -0.25) is 9.79 Å². The zero-order valence-corrected chi connectivity index (χ0v) is 17.1. The van der Waals surface area contributed by atoms with Crippen molar-refractivity contribution in [2.75, 3.05) is 32.6 Å². The summed E-state index contributed by atoms with van der Waals surface area (Å²) in [7, 11) is 3.17. The Morgan fingerprint density at radius 1 is 1.25 bits per heavy atom. The smallest absolute Gasteiger partial charge is 0.224 e. The Kier molecular flexibility index (Phi) is 9.49. The Morgan fingerprint density at radius 3 is 2.38 bits per heavy atom. The first kappa shape index (κ1) is 22.3. The van der Waals surface area contributed by atoms with Crippen LogP contribution in [0.15, 0.2) is 23.2 Å². The number of carbonyl (C=O) groups is 1. The predicted octanol–water partition coefficient (Wildman–Crippen LogP) is 2.21. The highest BCUT2D eigenvalue weighted by Gasteiger charge is 2.24. The molecule has 8 heteroatoms. The Balaban J connectivity index is 0.00000529. The van der Waals surface area contributed by atoms with E-state index in [1.165, 1.54) is 0 Å². The Labute approximate surface area is 160 Å². The average Bonchev–Trinajstić information content (AvgIpc) is 2.52. The number of guanidine groups is 1. The summed E-state index contributed by atoms with van der Waals surface area (Å²) in [5.41, 5.74) is 5.46. The van der Waals surface area contributed by atoms with E-state index in [9.17, 15) is 4.79 Å². The first-order chi connectivity index (χ1) is 10.8. The van der Waals surface area contributed by atoms with Crippen LogP contribution in [0.2, 0.25) is 0 Å². The first-order valence-electron chi connectivity index (χ1n) is 7.41. The fourth-order valence-corrected chi connectivity index (χ4v) is 1.71. The van der Waals surface area contributed by atoms with Crippen LogP contribution < -0.4 is 25.8 Å². The third-order valence-corrected chi connectivity index (χ3v) is 3.29. The average molecular weight is 450 g/mol. The van der Waals surface area contributed by atoms with Crippen LogP contribution in [-0.2, 0) is 4.79 Å². The number of primary amides is 1. The number of rotatable bonds is 7. The van der Waals surface area contributed by atoms with Crippen molar-refractivity contribution in [2.45, 2.75) is 20.8 Å². The van der Waals surface area contributed by atoms with Crippen molar-refractivity contribution in [3.05, 3.63) is 18.2 Å². The van der Waals surface area contributed by atoms with Crippen LogP contribution in [0, 0.1) is 5.41 Å². The van der Waals surface area contributed by atoms with Gasteiger partial charge in [-0.2, -0.15) is 0 Å². The van der Waals surface area contributed by atoms with Gasteiger partial charge in [0.05, 0.1) is 26.2 Å². The van der Waals surface area contributed by atoms with E-state index in [0.717, 1.165) is 5.69 Å². The van der Waals surface area contributed by atoms with Gasteiger partial charge in [0.1, 0.15) is 0 Å². The minimum atomic E-state index is -0.708. The van der Waals surface area contributed by atoms with Gasteiger partial charge in [0.2, 0.25) is 5.91 Å². The molecule has 1 rings (SSSR count). The molecule has 24 heavy (non-hydrogen) atoms. The van der Waals surface area contributed by atoms with Crippen LogP contribution in [-0.4, -0.2) is 39.2 Å². The Morgan fingerprint density at radius 2 is 1.88 bits per heavy atom. The van der Waals surface area contributed by atoms with E-state index in [4.69, 9.17) is 15.2 Å².